The first kappa shape index (κ1) is 20.7. The van der Waals surface area contributed by atoms with Gasteiger partial charge in [-0.2, -0.15) is 0 Å². The van der Waals surface area contributed by atoms with Gasteiger partial charge in [0.15, 0.2) is 0 Å². The van der Waals surface area contributed by atoms with Crippen LogP contribution in [0.4, 0.5) is 0 Å². The summed E-state index contributed by atoms with van der Waals surface area (Å²) in [5, 5.41) is 3.73. The number of hydrogen-bond donors (Lipinski definition) is 1. The first-order valence-electron chi connectivity index (χ1n) is 11.1. The lowest BCUT2D eigenvalue weighted by molar-refractivity contribution is -0.154. The maximum atomic E-state index is 12.1. The summed E-state index contributed by atoms with van der Waals surface area (Å²) in [6, 6.07) is 5.62. The van der Waals surface area contributed by atoms with Crippen molar-refractivity contribution >= 4 is 5.97 Å². The summed E-state index contributed by atoms with van der Waals surface area (Å²) in [5.74, 6) is 1.48. The molecule has 0 bridgehead atoms. The number of benzene rings is 1. The zero-order chi connectivity index (χ0) is 20.6. The molecular weight excluding hydrogens is 366 g/mol. The molecule has 29 heavy (non-hydrogen) atoms. The fraction of sp³-hybridized carbons (Fsp3) is 0.708. The molecule has 0 aliphatic carbocycles. The molecule has 160 valence electrons. The number of hydrogen-bond acceptors (Lipinski definition) is 5. The third kappa shape index (κ3) is 3.91. The van der Waals surface area contributed by atoms with Gasteiger partial charge in [0.1, 0.15) is 11.4 Å². The molecule has 1 unspecified atom stereocenters. The van der Waals surface area contributed by atoms with E-state index in [0.29, 0.717) is 11.5 Å². The number of fused-ring (bicyclic) bond motifs is 3. The Labute approximate surface area is 174 Å². The van der Waals surface area contributed by atoms with Crippen LogP contribution in [0.2, 0.25) is 0 Å². The second-order valence-electron chi connectivity index (χ2n) is 9.80. The van der Waals surface area contributed by atoms with Gasteiger partial charge in [0, 0.05) is 17.0 Å². The van der Waals surface area contributed by atoms with Crippen LogP contribution in [0.1, 0.15) is 81.3 Å². The minimum absolute atomic E-state index is 0.0413. The lowest BCUT2D eigenvalue weighted by Gasteiger charge is -2.53. The molecular formula is C24H35NO4. The van der Waals surface area contributed by atoms with E-state index in [2.05, 4.69) is 26.1 Å². The first-order chi connectivity index (χ1) is 13.9. The van der Waals surface area contributed by atoms with Crippen LogP contribution in [0.15, 0.2) is 18.2 Å². The fourth-order valence-electron chi connectivity index (χ4n) is 5.49. The summed E-state index contributed by atoms with van der Waals surface area (Å²) in [5.41, 5.74) is 1.35. The lowest BCUT2D eigenvalue weighted by Crippen LogP contribution is -2.58. The van der Waals surface area contributed by atoms with Crippen LogP contribution < -0.4 is 10.1 Å². The van der Waals surface area contributed by atoms with Crippen molar-refractivity contribution in [2.75, 3.05) is 20.3 Å². The minimum atomic E-state index is -0.320. The predicted molar refractivity (Wildman–Crippen MR) is 112 cm³/mol. The molecule has 1 spiro atoms. The molecule has 1 N–H and O–H groups in total. The molecule has 5 nitrogen and oxygen atoms in total. The first-order valence-corrected chi connectivity index (χ1v) is 11.1. The van der Waals surface area contributed by atoms with Gasteiger partial charge < -0.3 is 19.5 Å². The third-order valence-electron chi connectivity index (χ3n) is 7.17. The number of carbonyl (C=O) groups is 1. The van der Waals surface area contributed by atoms with Crippen LogP contribution in [0.5, 0.6) is 5.75 Å². The van der Waals surface area contributed by atoms with Crippen LogP contribution in [-0.2, 0) is 9.47 Å². The molecule has 0 aromatic heterocycles. The van der Waals surface area contributed by atoms with Crippen molar-refractivity contribution in [2.45, 2.75) is 76.5 Å². The molecule has 1 aromatic carbocycles. The fourth-order valence-corrected chi connectivity index (χ4v) is 5.49. The normalized spacial score (nSPS) is 33.3. The molecule has 3 aliphatic heterocycles. The van der Waals surface area contributed by atoms with Gasteiger partial charge in [-0.3, -0.25) is 0 Å². The molecule has 3 heterocycles. The predicted octanol–water partition coefficient (Wildman–Crippen LogP) is 4.65. The lowest BCUT2D eigenvalue weighted by atomic mass is 9.68. The van der Waals surface area contributed by atoms with E-state index >= 15 is 0 Å². The van der Waals surface area contributed by atoms with Gasteiger partial charge in [-0.1, -0.05) is 20.3 Å². The van der Waals surface area contributed by atoms with E-state index in [-0.39, 0.29) is 29.1 Å². The molecule has 2 saturated heterocycles. The van der Waals surface area contributed by atoms with Crippen LogP contribution in [0.3, 0.4) is 0 Å². The highest BCUT2D eigenvalue weighted by Gasteiger charge is 2.54. The van der Waals surface area contributed by atoms with E-state index in [0.717, 1.165) is 50.1 Å². The Kier molecular flexibility index (Phi) is 5.64. The second kappa shape index (κ2) is 7.92. The Morgan fingerprint density at radius 3 is 2.90 bits per heavy atom. The summed E-state index contributed by atoms with van der Waals surface area (Å²) in [6.45, 7) is 8.60. The molecule has 2 fully saturated rings. The summed E-state index contributed by atoms with van der Waals surface area (Å²) < 4.78 is 18.2. The average molecular weight is 402 g/mol. The molecule has 0 radical (unpaired) electrons. The van der Waals surface area contributed by atoms with Gasteiger partial charge in [-0.05, 0) is 69.7 Å². The number of rotatable bonds is 5. The molecule has 3 aliphatic rings. The highest BCUT2D eigenvalue weighted by atomic mass is 16.5. The molecule has 0 saturated carbocycles. The van der Waals surface area contributed by atoms with E-state index in [9.17, 15) is 4.79 Å². The van der Waals surface area contributed by atoms with E-state index in [1.54, 1.807) is 6.07 Å². The third-order valence-corrected chi connectivity index (χ3v) is 7.17. The topological polar surface area (TPSA) is 56.8 Å². The number of carbonyl (C=O) groups excluding carboxylic acids is 1. The van der Waals surface area contributed by atoms with Gasteiger partial charge in [-0.15, -0.1) is 0 Å². The van der Waals surface area contributed by atoms with Crippen LogP contribution in [0, 0.1) is 11.8 Å². The smallest absolute Gasteiger partial charge is 0.337 e. The Balaban J connectivity index is 1.67. The monoisotopic (exact) mass is 401 g/mol. The van der Waals surface area contributed by atoms with Crippen molar-refractivity contribution in [2.24, 2.45) is 11.8 Å². The minimum Gasteiger partial charge on any atom is -0.487 e. The molecule has 5 heteroatoms. The Morgan fingerprint density at radius 1 is 1.38 bits per heavy atom. The zero-order valence-electron chi connectivity index (χ0n) is 18.3. The van der Waals surface area contributed by atoms with Gasteiger partial charge in [0.2, 0.25) is 0 Å². The van der Waals surface area contributed by atoms with E-state index in [1.165, 1.54) is 20.0 Å². The van der Waals surface area contributed by atoms with Gasteiger partial charge in [0.25, 0.3) is 0 Å². The van der Waals surface area contributed by atoms with Crippen molar-refractivity contribution in [3.63, 3.8) is 0 Å². The van der Waals surface area contributed by atoms with Crippen LogP contribution in [-0.4, -0.2) is 37.4 Å². The van der Waals surface area contributed by atoms with Crippen molar-refractivity contribution in [1.29, 1.82) is 0 Å². The van der Waals surface area contributed by atoms with Gasteiger partial charge in [-0.25, -0.2) is 4.79 Å². The van der Waals surface area contributed by atoms with E-state index in [4.69, 9.17) is 14.2 Å². The molecule has 4 atom stereocenters. The Morgan fingerprint density at radius 2 is 2.21 bits per heavy atom. The summed E-state index contributed by atoms with van der Waals surface area (Å²) in [6.07, 6.45) is 6.74. The average Bonchev–Trinajstić information content (AvgIpc) is 3.15. The quantitative estimate of drug-likeness (QED) is 0.728. The van der Waals surface area contributed by atoms with Crippen molar-refractivity contribution in [3.05, 3.63) is 29.3 Å². The molecule has 0 amide bonds. The molecule has 1 aromatic rings. The van der Waals surface area contributed by atoms with Gasteiger partial charge in [0.05, 0.1) is 25.4 Å². The Bertz CT molecular complexity index is 755. The Hall–Kier alpha value is -1.59. The van der Waals surface area contributed by atoms with Crippen LogP contribution >= 0.6 is 0 Å². The summed E-state index contributed by atoms with van der Waals surface area (Å²) >= 11 is 0. The maximum Gasteiger partial charge on any atom is 0.337 e. The summed E-state index contributed by atoms with van der Waals surface area (Å²) in [4.78, 5) is 12.1. The number of methoxy groups -OCH3 is 1. The van der Waals surface area contributed by atoms with Crippen molar-refractivity contribution < 1.29 is 19.0 Å². The maximum absolute atomic E-state index is 12.1. The SMILES string of the molecule is COC(=O)c1ccc2c(c1)[C@@H]1OCC3(CCCN3)C[C@H]1[C@@](C)(CCCC(C)C)O2. The van der Waals surface area contributed by atoms with Crippen molar-refractivity contribution in [3.8, 4) is 5.75 Å². The number of ether oxygens (including phenoxy) is 3. The zero-order valence-corrected chi connectivity index (χ0v) is 18.3. The molecule has 4 rings (SSSR count). The standard InChI is InChI=1S/C24H35NO4/c1-16(2)7-5-10-23(3)19-14-24(11-6-12-25-24)15-28-21(19)18-13-17(22(26)27-4)8-9-20(18)29-23/h8-9,13,16,19,21,25H,5-7,10-12,14-15H2,1-4H3/t19-,21+,23-,24?/m1/s1. The van der Waals surface area contributed by atoms with Gasteiger partial charge >= 0.3 is 5.97 Å². The highest BCUT2D eigenvalue weighted by Crippen LogP contribution is 2.54. The number of esters is 1. The highest BCUT2D eigenvalue weighted by molar-refractivity contribution is 5.89. The van der Waals surface area contributed by atoms with E-state index in [1.807, 2.05) is 12.1 Å². The second-order valence-corrected chi connectivity index (χ2v) is 9.80. The number of nitrogens with one attached hydrogen (secondary N) is 1. The van der Waals surface area contributed by atoms with Crippen LogP contribution in [0.25, 0.3) is 0 Å². The largest absolute Gasteiger partial charge is 0.487 e. The van der Waals surface area contributed by atoms with E-state index < -0.39 is 0 Å². The van der Waals surface area contributed by atoms with Crippen molar-refractivity contribution in [1.82, 2.24) is 5.32 Å². The summed E-state index contributed by atoms with van der Waals surface area (Å²) in [7, 11) is 1.42.